The lowest BCUT2D eigenvalue weighted by molar-refractivity contribution is 0.0329. The van der Waals surface area contributed by atoms with E-state index in [-0.39, 0.29) is 0 Å². The van der Waals surface area contributed by atoms with Gasteiger partial charge in [0.05, 0.1) is 13.2 Å². The van der Waals surface area contributed by atoms with Crippen molar-refractivity contribution in [3.63, 3.8) is 0 Å². The predicted octanol–water partition coefficient (Wildman–Crippen LogP) is 3.84. The first-order valence-electron chi connectivity index (χ1n) is 9.02. The van der Waals surface area contributed by atoms with Gasteiger partial charge < -0.3 is 4.74 Å². The lowest BCUT2D eigenvalue weighted by atomic mass is 9.91. The van der Waals surface area contributed by atoms with Gasteiger partial charge in [0, 0.05) is 24.2 Å². The first kappa shape index (κ1) is 17.2. The predicted molar refractivity (Wildman–Crippen MR) is 96.0 cm³/mol. The number of piperidine rings is 1. The molecular weight excluding hydrogens is 308 g/mol. The van der Waals surface area contributed by atoms with E-state index in [0.29, 0.717) is 6.04 Å². The van der Waals surface area contributed by atoms with Crippen molar-refractivity contribution >= 4 is 11.6 Å². The van der Waals surface area contributed by atoms with E-state index >= 15 is 0 Å². The molecule has 3 rings (SSSR count). The molecule has 2 heterocycles. The summed E-state index contributed by atoms with van der Waals surface area (Å²) in [4.78, 5) is 5.18. The van der Waals surface area contributed by atoms with Crippen LogP contribution >= 0.6 is 11.6 Å². The zero-order valence-electron chi connectivity index (χ0n) is 14.2. The molecule has 0 N–H and O–H groups in total. The lowest BCUT2D eigenvalue weighted by Crippen LogP contribution is -2.39. The molecule has 0 spiro atoms. The Kier molecular flexibility index (Phi) is 6.35. The molecule has 1 aromatic rings. The third-order valence-corrected chi connectivity index (χ3v) is 5.76. The number of hydrogen-bond acceptors (Lipinski definition) is 3. The van der Waals surface area contributed by atoms with E-state index in [9.17, 15) is 0 Å². The standard InChI is InChI=1S/C19H29ClN2O/c1-16(18-2-4-19(20)5-3-18)22-10-7-17(8-11-22)6-9-21-12-14-23-15-13-21/h2-5,16-17H,6-15H2,1H3. The molecule has 128 valence electrons. The fourth-order valence-electron chi connectivity index (χ4n) is 3.77. The zero-order valence-corrected chi connectivity index (χ0v) is 15.0. The number of nitrogens with zero attached hydrogens (tertiary/aromatic N) is 2. The number of morpholine rings is 1. The van der Waals surface area contributed by atoms with Crippen LogP contribution in [0.1, 0.15) is 37.8 Å². The highest BCUT2D eigenvalue weighted by Gasteiger charge is 2.24. The molecule has 2 saturated heterocycles. The van der Waals surface area contributed by atoms with Crippen molar-refractivity contribution in [2.24, 2.45) is 5.92 Å². The molecule has 1 aromatic carbocycles. The minimum Gasteiger partial charge on any atom is -0.379 e. The van der Waals surface area contributed by atoms with Crippen LogP contribution in [0, 0.1) is 5.92 Å². The van der Waals surface area contributed by atoms with E-state index in [0.717, 1.165) is 37.2 Å². The number of halogens is 1. The highest BCUT2D eigenvalue weighted by atomic mass is 35.5. The largest absolute Gasteiger partial charge is 0.379 e. The summed E-state index contributed by atoms with van der Waals surface area (Å²) in [7, 11) is 0. The molecule has 0 aromatic heterocycles. The van der Waals surface area contributed by atoms with Crippen LogP contribution in [0.2, 0.25) is 5.02 Å². The Morgan fingerprint density at radius 1 is 1.09 bits per heavy atom. The smallest absolute Gasteiger partial charge is 0.0594 e. The van der Waals surface area contributed by atoms with Gasteiger partial charge in [-0.15, -0.1) is 0 Å². The van der Waals surface area contributed by atoms with E-state index in [1.165, 1.54) is 44.5 Å². The van der Waals surface area contributed by atoms with E-state index in [4.69, 9.17) is 16.3 Å². The Morgan fingerprint density at radius 3 is 2.39 bits per heavy atom. The minimum absolute atomic E-state index is 0.493. The Bertz CT molecular complexity index is 465. The van der Waals surface area contributed by atoms with Crippen molar-refractivity contribution in [1.82, 2.24) is 9.80 Å². The van der Waals surface area contributed by atoms with Crippen molar-refractivity contribution in [1.29, 1.82) is 0 Å². The van der Waals surface area contributed by atoms with Crippen molar-refractivity contribution in [2.75, 3.05) is 45.9 Å². The normalized spacial score (nSPS) is 23.0. The van der Waals surface area contributed by atoms with Crippen molar-refractivity contribution in [3.05, 3.63) is 34.9 Å². The molecule has 23 heavy (non-hydrogen) atoms. The number of likely N-dealkylation sites (tertiary alicyclic amines) is 1. The average molecular weight is 337 g/mol. The van der Waals surface area contributed by atoms with Crippen molar-refractivity contribution in [2.45, 2.75) is 32.2 Å². The van der Waals surface area contributed by atoms with Crippen LogP contribution in [0.3, 0.4) is 0 Å². The van der Waals surface area contributed by atoms with E-state index in [1.54, 1.807) is 0 Å². The minimum atomic E-state index is 0.493. The van der Waals surface area contributed by atoms with Crippen LogP contribution in [0.15, 0.2) is 24.3 Å². The summed E-state index contributed by atoms with van der Waals surface area (Å²) in [6.45, 7) is 10.1. The fraction of sp³-hybridized carbons (Fsp3) is 0.684. The molecule has 0 saturated carbocycles. The summed E-state index contributed by atoms with van der Waals surface area (Å²) >= 11 is 5.99. The van der Waals surface area contributed by atoms with E-state index < -0.39 is 0 Å². The molecular formula is C19H29ClN2O. The third-order valence-electron chi connectivity index (χ3n) is 5.51. The summed E-state index contributed by atoms with van der Waals surface area (Å²) in [5, 5.41) is 0.822. The zero-order chi connectivity index (χ0) is 16.1. The second kappa shape index (κ2) is 8.48. The topological polar surface area (TPSA) is 15.7 Å². The van der Waals surface area contributed by atoms with Gasteiger partial charge in [0.2, 0.25) is 0 Å². The first-order valence-corrected chi connectivity index (χ1v) is 9.40. The number of hydrogen-bond donors (Lipinski definition) is 0. The molecule has 1 atom stereocenters. The Hall–Kier alpha value is -0.610. The first-order chi connectivity index (χ1) is 11.2. The molecule has 2 aliphatic heterocycles. The Balaban J connectivity index is 1.41. The van der Waals surface area contributed by atoms with Crippen LogP contribution in [-0.2, 0) is 4.74 Å². The highest BCUT2D eigenvalue weighted by Crippen LogP contribution is 2.28. The van der Waals surface area contributed by atoms with Crippen molar-refractivity contribution < 1.29 is 4.74 Å². The summed E-state index contributed by atoms with van der Waals surface area (Å²) in [6.07, 6.45) is 4.02. The van der Waals surface area contributed by atoms with Gasteiger partial charge in [-0.25, -0.2) is 0 Å². The van der Waals surface area contributed by atoms with Gasteiger partial charge in [-0.2, -0.15) is 0 Å². The molecule has 0 aliphatic carbocycles. The second-order valence-electron chi connectivity index (χ2n) is 6.95. The van der Waals surface area contributed by atoms with Crippen LogP contribution < -0.4 is 0 Å². The molecule has 0 radical (unpaired) electrons. The molecule has 4 heteroatoms. The van der Waals surface area contributed by atoms with Crippen LogP contribution in [0.5, 0.6) is 0 Å². The molecule has 1 unspecified atom stereocenters. The van der Waals surface area contributed by atoms with Crippen LogP contribution in [0.4, 0.5) is 0 Å². The van der Waals surface area contributed by atoms with Gasteiger partial charge in [-0.05, 0) is 69.4 Å². The molecule has 2 fully saturated rings. The molecule has 2 aliphatic rings. The van der Waals surface area contributed by atoms with Crippen LogP contribution in [0.25, 0.3) is 0 Å². The SMILES string of the molecule is CC(c1ccc(Cl)cc1)N1CCC(CCN2CCOCC2)CC1. The second-order valence-corrected chi connectivity index (χ2v) is 7.39. The maximum Gasteiger partial charge on any atom is 0.0594 e. The van der Waals surface area contributed by atoms with E-state index in [1.807, 2.05) is 12.1 Å². The summed E-state index contributed by atoms with van der Waals surface area (Å²) in [6, 6.07) is 8.83. The van der Waals surface area contributed by atoms with Gasteiger partial charge in [0.15, 0.2) is 0 Å². The Labute approximate surface area is 145 Å². The number of rotatable bonds is 5. The maximum absolute atomic E-state index is 5.99. The van der Waals surface area contributed by atoms with Gasteiger partial charge in [-0.3, -0.25) is 9.80 Å². The fourth-order valence-corrected chi connectivity index (χ4v) is 3.90. The number of ether oxygens (including phenoxy) is 1. The third kappa shape index (κ3) is 4.93. The summed E-state index contributed by atoms with van der Waals surface area (Å²) in [5.74, 6) is 0.895. The van der Waals surface area contributed by atoms with E-state index in [2.05, 4.69) is 28.9 Å². The number of benzene rings is 1. The lowest BCUT2D eigenvalue weighted by Gasteiger charge is -2.37. The summed E-state index contributed by atoms with van der Waals surface area (Å²) in [5.41, 5.74) is 1.38. The molecule has 0 bridgehead atoms. The van der Waals surface area contributed by atoms with Crippen molar-refractivity contribution in [3.8, 4) is 0 Å². The van der Waals surface area contributed by atoms with Crippen LogP contribution in [-0.4, -0.2) is 55.7 Å². The van der Waals surface area contributed by atoms with Gasteiger partial charge in [0.25, 0.3) is 0 Å². The van der Waals surface area contributed by atoms with Gasteiger partial charge in [0.1, 0.15) is 0 Å². The Morgan fingerprint density at radius 2 is 1.74 bits per heavy atom. The van der Waals surface area contributed by atoms with Gasteiger partial charge >= 0.3 is 0 Å². The molecule has 3 nitrogen and oxygen atoms in total. The molecule has 0 amide bonds. The monoisotopic (exact) mass is 336 g/mol. The average Bonchev–Trinajstić information content (AvgIpc) is 2.61. The highest BCUT2D eigenvalue weighted by molar-refractivity contribution is 6.30. The van der Waals surface area contributed by atoms with Gasteiger partial charge in [-0.1, -0.05) is 23.7 Å². The quantitative estimate of drug-likeness (QED) is 0.812. The maximum atomic E-state index is 5.99. The summed E-state index contributed by atoms with van der Waals surface area (Å²) < 4.78 is 5.42.